The normalized spacial score (nSPS) is 30.5. The fourth-order valence-corrected chi connectivity index (χ4v) is 8.35. The molecule has 0 saturated carbocycles. The molecule has 0 radical (unpaired) electrons. The van der Waals surface area contributed by atoms with Gasteiger partial charge in [-0.2, -0.15) is 17.0 Å². The number of piperazine rings is 1. The molecule has 3 saturated heterocycles. The van der Waals surface area contributed by atoms with Gasteiger partial charge in [-0.15, -0.1) is 0 Å². The van der Waals surface area contributed by atoms with Crippen LogP contribution >= 0.6 is 0 Å². The largest absolute Gasteiger partial charge is 0.292 e. The summed E-state index contributed by atoms with van der Waals surface area (Å²) in [5.41, 5.74) is 1.12. The zero-order valence-corrected chi connectivity index (χ0v) is 16.3. The van der Waals surface area contributed by atoms with Gasteiger partial charge in [-0.1, -0.05) is 30.3 Å². The van der Waals surface area contributed by atoms with Crippen LogP contribution in [0.5, 0.6) is 0 Å². The third kappa shape index (κ3) is 3.43. The topological polar surface area (TPSA) is 78.0 Å². The Hall–Kier alpha value is -1.00. The molecule has 9 heteroatoms. The average Bonchev–Trinajstić information content (AvgIpc) is 3.23. The Balaban J connectivity index is 1.59. The van der Waals surface area contributed by atoms with Crippen LogP contribution in [-0.2, 0) is 26.6 Å². The highest BCUT2D eigenvalue weighted by atomic mass is 32.2. The fourth-order valence-electron chi connectivity index (χ4n) is 4.36. The molecule has 4 rings (SSSR count). The first kappa shape index (κ1) is 18.4. The van der Waals surface area contributed by atoms with E-state index in [1.165, 1.54) is 8.61 Å². The molecular formula is C17H25N3O4S2. The summed E-state index contributed by atoms with van der Waals surface area (Å²) in [5, 5.41) is 0. The first-order valence-corrected chi connectivity index (χ1v) is 12.3. The Bertz CT molecular complexity index is 851. The molecule has 26 heavy (non-hydrogen) atoms. The Labute approximate surface area is 155 Å². The first-order chi connectivity index (χ1) is 12.4. The Morgan fingerprint density at radius 3 is 2.27 bits per heavy atom. The van der Waals surface area contributed by atoms with Crippen molar-refractivity contribution in [1.82, 2.24) is 13.5 Å². The standard InChI is InChI=1S/C17H25N3O4S2/c21-25(22)13-16-17(14-25)20(26(23,24)19-8-4-5-9-19)11-10-18(16)12-15-6-2-1-3-7-15/h1-3,6-7,16-17H,4-5,8-14H2/t16-,17+/m1/s1. The van der Waals surface area contributed by atoms with E-state index in [4.69, 9.17) is 0 Å². The van der Waals surface area contributed by atoms with Gasteiger partial charge in [0, 0.05) is 38.8 Å². The molecule has 0 spiro atoms. The number of benzene rings is 1. The number of hydrogen-bond donors (Lipinski definition) is 0. The van der Waals surface area contributed by atoms with Gasteiger partial charge in [0.15, 0.2) is 9.84 Å². The van der Waals surface area contributed by atoms with Gasteiger partial charge in [0.05, 0.1) is 17.5 Å². The Morgan fingerprint density at radius 1 is 0.923 bits per heavy atom. The predicted molar refractivity (Wildman–Crippen MR) is 99.5 cm³/mol. The van der Waals surface area contributed by atoms with Crippen molar-refractivity contribution in [3.63, 3.8) is 0 Å². The lowest BCUT2D eigenvalue weighted by Gasteiger charge is -2.44. The molecule has 7 nitrogen and oxygen atoms in total. The van der Waals surface area contributed by atoms with E-state index in [1.54, 1.807) is 0 Å². The van der Waals surface area contributed by atoms with E-state index in [2.05, 4.69) is 4.90 Å². The van der Waals surface area contributed by atoms with Crippen molar-refractivity contribution in [1.29, 1.82) is 0 Å². The number of hydrogen-bond acceptors (Lipinski definition) is 5. The number of nitrogens with zero attached hydrogens (tertiary/aromatic N) is 3. The summed E-state index contributed by atoms with van der Waals surface area (Å²) < 4.78 is 53.7. The molecule has 0 aliphatic carbocycles. The quantitative estimate of drug-likeness (QED) is 0.728. The minimum absolute atomic E-state index is 0.0382. The molecule has 2 atom stereocenters. The number of rotatable bonds is 4. The number of fused-ring (bicyclic) bond motifs is 1. The van der Waals surface area contributed by atoms with Crippen LogP contribution in [0.15, 0.2) is 30.3 Å². The highest BCUT2D eigenvalue weighted by Crippen LogP contribution is 2.31. The summed E-state index contributed by atoms with van der Waals surface area (Å²) in [6, 6.07) is 9.16. The monoisotopic (exact) mass is 399 g/mol. The molecule has 0 bridgehead atoms. The smallest absolute Gasteiger partial charge is 0.282 e. The summed E-state index contributed by atoms with van der Waals surface area (Å²) in [6.45, 7) is 2.63. The van der Waals surface area contributed by atoms with E-state index in [-0.39, 0.29) is 17.5 Å². The minimum Gasteiger partial charge on any atom is -0.292 e. The van der Waals surface area contributed by atoms with E-state index in [0.717, 1.165) is 18.4 Å². The van der Waals surface area contributed by atoms with E-state index < -0.39 is 26.1 Å². The predicted octanol–water partition coefficient (Wildman–Crippen LogP) is 0.310. The maximum absolute atomic E-state index is 13.0. The van der Waals surface area contributed by atoms with E-state index >= 15 is 0 Å². The molecule has 0 amide bonds. The van der Waals surface area contributed by atoms with Crippen molar-refractivity contribution in [2.75, 3.05) is 37.7 Å². The third-order valence-electron chi connectivity index (χ3n) is 5.66. The van der Waals surface area contributed by atoms with Gasteiger partial charge in [0.25, 0.3) is 10.2 Å². The summed E-state index contributed by atoms with van der Waals surface area (Å²) in [5.74, 6) is -0.0352. The summed E-state index contributed by atoms with van der Waals surface area (Å²) in [6.07, 6.45) is 1.75. The molecule has 3 aliphatic heterocycles. The van der Waals surface area contributed by atoms with Gasteiger partial charge >= 0.3 is 0 Å². The van der Waals surface area contributed by atoms with E-state index in [9.17, 15) is 16.8 Å². The summed E-state index contributed by atoms with van der Waals surface area (Å²) in [7, 11) is -6.82. The second-order valence-electron chi connectivity index (χ2n) is 7.39. The van der Waals surface area contributed by atoms with Crippen LogP contribution in [-0.4, -0.2) is 80.1 Å². The van der Waals surface area contributed by atoms with Crippen molar-refractivity contribution in [2.24, 2.45) is 0 Å². The zero-order chi connectivity index (χ0) is 18.4. The number of sulfone groups is 1. The molecule has 3 heterocycles. The lowest BCUT2D eigenvalue weighted by molar-refractivity contribution is 0.0854. The molecule has 0 aromatic heterocycles. The molecule has 144 valence electrons. The van der Waals surface area contributed by atoms with Crippen LogP contribution in [0, 0.1) is 0 Å². The zero-order valence-electron chi connectivity index (χ0n) is 14.7. The van der Waals surface area contributed by atoms with Crippen LogP contribution in [0.1, 0.15) is 18.4 Å². The van der Waals surface area contributed by atoms with Gasteiger partial charge in [-0.3, -0.25) is 4.90 Å². The van der Waals surface area contributed by atoms with Gasteiger partial charge in [-0.25, -0.2) is 8.42 Å². The fraction of sp³-hybridized carbons (Fsp3) is 0.647. The SMILES string of the molecule is O=S1(=O)C[C@@H]2[C@H](C1)N(S(=O)(=O)N1CCCC1)CCN2Cc1ccccc1. The Kier molecular flexibility index (Phi) is 4.85. The minimum atomic E-state index is -3.59. The van der Waals surface area contributed by atoms with Crippen molar-refractivity contribution in [3.05, 3.63) is 35.9 Å². The molecule has 3 aliphatic rings. The lowest BCUT2D eigenvalue weighted by atomic mass is 10.1. The van der Waals surface area contributed by atoms with E-state index in [1.807, 2.05) is 30.3 Å². The van der Waals surface area contributed by atoms with Crippen molar-refractivity contribution in [2.45, 2.75) is 31.5 Å². The second-order valence-corrected chi connectivity index (χ2v) is 11.4. The van der Waals surface area contributed by atoms with E-state index in [0.29, 0.717) is 32.7 Å². The molecule has 1 aromatic carbocycles. The highest BCUT2D eigenvalue weighted by Gasteiger charge is 2.51. The van der Waals surface area contributed by atoms with Gasteiger partial charge in [-0.05, 0) is 18.4 Å². The van der Waals surface area contributed by atoms with Gasteiger partial charge in [0.2, 0.25) is 0 Å². The summed E-state index contributed by atoms with van der Waals surface area (Å²) in [4.78, 5) is 2.14. The van der Waals surface area contributed by atoms with Crippen LogP contribution in [0.2, 0.25) is 0 Å². The molecular weight excluding hydrogens is 374 g/mol. The maximum atomic E-state index is 13.0. The maximum Gasteiger partial charge on any atom is 0.282 e. The van der Waals surface area contributed by atoms with Crippen LogP contribution in [0.3, 0.4) is 0 Å². The molecule has 0 unspecified atom stereocenters. The molecule has 1 aromatic rings. The Morgan fingerprint density at radius 2 is 1.58 bits per heavy atom. The third-order valence-corrected chi connectivity index (χ3v) is 9.42. The highest BCUT2D eigenvalue weighted by molar-refractivity contribution is 7.92. The molecule has 0 N–H and O–H groups in total. The lowest BCUT2D eigenvalue weighted by Crippen LogP contribution is -2.62. The van der Waals surface area contributed by atoms with Gasteiger partial charge in [0.1, 0.15) is 0 Å². The average molecular weight is 400 g/mol. The first-order valence-electron chi connectivity index (χ1n) is 9.12. The molecule has 3 fully saturated rings. The van der Waals surface area contributed by atoms with Crippen molar-refractivity contribution < 1.29 is 16.8 Å². The summed E-state index contributed by atoms with van der Waals surface area (Å²) >= 11 is 0. The van der Waals surface area contributed by atoms with Crippen LogP contribution in [0.4, 0.5) is 0 Å². The second kappa shape index (κ2) is 6.87. The van der Waals surface area contributed by atoms with Crippen molar-refractivity contribution >= 4 is 20.0 Å². The van der Waals surface area contributed by atoms with Gasteiger partial charge < -0.3 is 0 Å². The van der Waals surface area contributed by atoms with Crippen LogP contribution in [0.25, 0.3) is 0 Å². The van der Waals surface area contributed by atoms with Crippen molar-refractivity contribution in [3.8, 4) is 0 Å². The van der Waals surface area contributed by atoms with Crippen LogP contribution < -0.4 is 0 Å².